The molecule has 120 valence electrons. The van der Waals surface area contributed by atoms with Crippen molar-refractivity contribution in [3.05, 3.63) is 29.8 Å². The Bertz CT molecular complexity index is 523. The third-order valence-electron chi connectivity index (χ3n) is 4.22. The van der Waals surface area contributed by atoms with Gasteiger partial charge in [0.1, 0.15) is 0 Å². The molecule has 3 rings (SSSR count). The maximum atomic E-state index is 12.7. The van der Waals surface area contributed by atoms with Gasteiger partial charge in [-0.05, 0) is 31.9 Å². The fourth-order valence-corrected chi connectivity index (χ4v) is 4.48. The first kappa shape index (κ1) is 15.8. The zero-order valence-electron chi connectivity index (χ0n) is 13.3. The molecule has 1 atom stereocenters. The Morgan fingerprint density at radius 1 is 1.27 bits per heavy atom. The van der Waals surface area contributed by atoms with E-state index < -0.39 is 5.60 Å². The Morgan fingerprint density at radius 3 is 2.59 bits per heavy atom. The van der Waals surface area contributed by atoms with Gasteiger partial charge in [-0.25, -0.2) is 0 Å². The highest BCUT2D eigenvalue weighted by Gasteiger charge is 2.33. The van der Waals surface area contributed by atoms with Crippen molar-refractivity contribution in [1.29, 1.82) is 0 Å². The highest BCUT2D eigenvalue weighted by atomic mass is 32.2. The number of amides is 1. The summed E-state index contributed by atoms with van der Waals surface area (Å²) >= 11 is 1.70. The average Bonchev–Trinajstić information content (AvgIpc) is 2.89. The van der Waals surface area contributed by atoms with Crippen LogP contribution in [0, 0.1) is 0 Å². The van der Waals surface area contributed by atoms with Crippen LogP contribution in [0.2, 0.25) is 0 Å². The van der Waals surface area contributed by atoms with Gasteiger partial charge in [-0.2, -0.15) is 0 Å². The van der Waals surface area contributed by atoms with Gasteiger partial charge in [0.15, 0.2) is 0 Å². The number of hydrogen-bond acceptors (Lipinski definition) is 4. The minimum Gasteiger partial charge on any atom is -0.389 e. The highest BCUT2D eigenvalue weighted by molar-refractivity contribution is 8.01. The molecule has 2 heterocycles. The van der Waals surface area contributed by atoms with Gasteiger partial charge in [0, 0.05) is 37.6 Å². The number of nitrogens with zero attached hydrogens (tertiary/aromatic N) is 2. The van der Waals surface area contributed by atoms with Crippen LogP contribution in [-0.2, 0) is 11.2 Å². The first-order valence-electron chi connectivity index (χ1n) is 7.90. The van der Waals surface area contributed by atoms with Gasteiger partial charge in [0.25, 0.3) is 0 Å². The van der Waals surface area contributed by atoms with Crippen molar-refractivity contribution in [3.63, 3.8) is 0 Å². The zero-order chi connectivity index (χ0) is 15.7. The van der Waals surface area contributed by atoms with Gasteiger partial charge >= 0.3 is 0 Å². The van der Waals surface area contributed by atoms with Crippen molar-refractivity contribution in [3.8, 4) is 0 Å². The van der Waals surface area contributed by atoms with Crippen molar-refractivity contribution in [2.24, 2.45) is 0 Å². The molecule has 1 aromatic carbocycles. The molecular weight excluding hydrogens is 296 g/mol. The number of carbonyl (C=O) groups is 1. The van der Waals surface area contributed by atoms with Crippen LogP contribution in [0.25, 0.3) is 0 Å². The summed E-state index contributed by atoms with van der Waals surface area (Å²) < 4.78 is 0. The van der Waals surface area contributed by atoms with Gasteiger partial charge in [-0.15, -0.1) is 11.8 Å². The highest BCUT2D eigenvalue weighted by Crippen LogP contribution is 2.37. The quantitative estimate of drug-likeness (QED) is 0.919. The van der Waals surface area contributed by atoms with Crippen molar-refractivity contribution >= 4 is 17.7 Å². The molecule has 1 fully saturated rings. The predicted octanol–water partition coefficient (Wildman–Crippen LogP) is 1.62. The van der Waals surface area contributed by atoms with Crippen molar-refractivity contribution in [2.75, 3.05) is 32.7 Å². The molecule has 1 amide bonds. The van der Waals surface area contributed by atoms with E-state index in [4.69, 9.17) is 0 Å². The third-order valence-corrected chi connectivity index (χ3v) is 5.52. The van der Waals surface area contributed by atoms with Crippen LogP contribution >= 0.6 is 11.8 Å². The predicted molar refractivity (Wildman–Crippen MR) is 89.1 cm³/mol. The lowest BCUT2D eigenvalue weighted by Gasteiger charge is -2.38. The second kappa shape index (κ2) is 6.22. The number of β-amino-alcohol motifs (C(OH)–C–C–N with tert-alkyl or cyclic N) is 1. The minimum absolute atomic E-state index is 0.0400. The van der Waals surface area contributed by atoms with E-state index in [0.717, 1.165) is 32.6 Å². The van der Waals surface area contributed by atoms with Crippen molar-refractivity contribution in [2.45, 2.75) is 36.0 Å². The molecule has 0 saturated carbocycles. The third kappa shape index (κ3) is 3.65. The Balaban J connectivity index is 1.53. The van der Waals surface area contributed by atoms with Crippen LogP contribution in [0.4, 0.5) is 0 Å². The van der Waals surface area contributed by atoms with E-state index in [1.807, 2.05) is 30.9 Å². The van der Waals surface area contributed by atoms with Crippen LogP contribution in [0.5, 0.6) is 0 Å². The lowest BCUT2D eigenvalue weighted by Crippen LogP contribution is -2.53. The molecule has 2 aliphatic heterocycles. The molecule has 1 aromatic rings. The van der Waals surface area contributed by atoms with E-state index in [2.05, 4.69) is 17.0 Å². The molecular formula is C17H24N2O2S. The number of benzene rings is 1. The first-order valence-corrected chi connectivity index (χ1v) is 8.78. The normalized spacial score (nSPS) is 22.7. The van der Waals surface area contributed by atoms with Crippen molar-refractivity contribution < 1.29 is 9.90 Å². The van der Waals surface area contributed by atoms with Gasteiger partial charge in [-0.3, -0.25) is 9.69 Å². The maximum absolute atomic E-state index is 12.7. The fourth-order valence-electron chi connectivity index (χ4n) is 3.20. The Morgan fingerprint density at radius 2 is 1.95 bits per heavy atom. The second-order valence-electron chi connectivity index (χ2n) is 6.83. The lowest BCUT2D eigenvalue weighted by atomic mass is 10.1. The molecule has 0 aliphatic carbocycles. The van der Waals surface area contributed by atoms with Crippen LogP contribution in [0.1, 0.15) is 19.4 Å². The fraction of sp³-hybridized carbons (Fsp3) is 0.588. The van der Waals surface area contributed by atoms with E-state index in [-0.39, 0.29) is 11.2 Å². The summed E-state index contributed by atoms with van der Waals surface area (Å²) in [6.07, 6.45) is 0.851. The number of carbonyl (C=O) groups excluding carboxylic acids is 1. The summed E-state index contributed by atoms with van der Waals surface area (Å²) in [7, 11) is 0. The minimum atomic E-state index is -0.672. The van der Waals surface area contributed by atoms with Crippen LogP contribution in [0.15, 0.2) is 29.2 Å². The maximum Gasteiger partial charge on any atom is 0.236 e. The summed E-state index contributed by atoms with van der Waals surface area (Å²) in [5.41, 5.74) is 0.626. The number of piperazine rings is 1. The molecule has 5 heteroatoms. The average molecular weight is 320 g/mol. The van der Waals surface area contributed by atoms with Gasteiger partial charge in [0.2, 0.25) is 5.91 Å². The summed E-state index contributed by atoms with van der Waals surface area (Å²) in [6.45, 7) is 7.55. The van der Waals surface area contributed by atoms with Gasteiger partial charge < -0.3 is 10.0 Å². The summed E-state index contributed by atoms with van der Waals surface area (Å²) in [5, 5.41) is 9.93. The van der Waals surface area contributed by atoms with E-state index in [1.165, 1.54) is 10.5 Å². The van der Waals surface area contributed by atoms with E-state index in [0.29, 0.717) is 6.54 Å². The van der Waals surface area contributed by atoms with Gasteiger partial charge in [-0.1, -0.05) is 18.2 Å². The smallest absolute Gasteiger partial charge is 0.236 e. The number of hydrogen-bond donors (Lipinski definition) is 1. The molecule has 0 radical (unpaired) electrons. The molecule has 0 spiro atoms. The van der Waals surface area contributed by atoms with Crippen LogP contribution in [0.3, 0.4) is 0 Å². The second-order valence-corrected chi connectivity index (χ2v) is 8.08. The number of aliphatic hydroxyl groups is 1. The molecule has 0 bridgehead atoms. The Kier molecular flexibility index (Phi) is 4.48. The first-order chi connectivity index (χ1) is 10.4. The van der Waals surface area contributed by atoms with Crippen LogP contribution < -0.4 is 0 Å². The molecule has 2 aliphatic rings. The summed E-state index contributed by atoms with van der Waals surface area (Å²) in [4.78, 5) is 18.2. The SMILES string of the molecule is CC(C)(O)CN1CCN(C(=O)[C@@H]2Cc3ccccc3S2)CC1. The molecule has 0 aromatic heterocycles. The standard InChI is InChI=1S/C17H24N2O2S/c1-17(2,21)12-18-7-9-19(10-8-18)16(20)15-11-13-5-3-4-6-14(13)22-15/h3-6,15,21H,7-12H2,1-2H3/t15-/m0/s1. The van der Waals surface area contributed by atoms with Gasteiger partial charge in [0.05, 0.1) is 10.9 Å². The van der Waals surface area contributed by atoms with Crippen molar-refractivity contribution in [1.82, 2.24) is 9.80 Å². The van der Waals surface area contributed by atoms with E-state index in [1.54, 1.807) is 11.8 Å². The number of rotatable bonds is 3. The Labute approximate surface area is 136 Å². The number of thioether (sulfide) groups is 1. The van der Waals surface area contributed by atoms with Crippen LogP contribution in [-0.4, -0.2) is 64.4 Å². The molecule has 22 heavy (non-hydrogen) atoms. The zero-order valence-corrected chi connectivity index (χ0v) is 14.1. The monoisotopic (exact) mass is 320 g/mol. The largest absolute Gasteiger partial charge is 0.389 e. The summed E-state index contributed by atoms with van der Waals surface area (Å²) in [6, 6.07) is 8.31. The number of fused-ring (bicyclic) bond motifs is 1. The Hall–Kier alpha value is -1.04. The summed E-state index contributed by atoms with van der Waals surface area (Å²) in [5.74, 6) is 0.268. The van der Waals surface area contributed by atoms with E-state index in [9.17, 15) is 9.90 Å². The lowest BCUT2D eigenvalue weighted by molar-refractivity contribution is -0.132. The van der Waals surface area contributed by atoms with E-state index >= 15 is 0 Å². The molecule has 4 nitrogen and oxygen atoms in total. The molecule has 1 saturated heterocycles. The topological polar surface area (TPSA) is 43.8 Å². The molecule has 0 unspecified atom stereocenters. The molecule has 1 N–H and O–H groups in total.